The van der Waals surface area contributed by atoms with Crippen LogP contribution < -0.4 is 0 Å². The number of likely N-dealkylation sites (tertiary alicyclic amines) is 1. The highest BCUT2D eigenvalue weighted by Gasteiger charge is 2.27. The summed E-state index contributed by atoms with van der Waals surface area (Å²) < 4.78 is 5.37. The minimum Gasteiger partial charge on any atom is -0.445 e. The van der Waals surface area contributed by atoms with Crippen LogP contribution in [-0.2, 0) is 11.3 Å². The molecule has 2 unspecified atom stereocenters. The van der Waals surface area contributed by atoms with E-state index in [0.29, 0.717) is 18.6 Å². The number of hydrogen-bond donors (Lipinski definition) is 0. The van der Waals surface area contributed by atoms with Crippen LogP contribution in [0.5, 0.6) is 0 Å². The van der Waals surface area contributed by atoms with Crippen LogP contribution in [0.15, 0.2) is 30.3 Å². The molecule has 3 heteroatoms. The van der Waals surface area contributed by atoms with Crippen LogP contribution in [0.2, 0.25) is 0 Å². The second-order valence-electron chi connectivity index (χ2n) is 5.22. The predicted molar refractivity (Wildman–Crippen MR) is 71.2 cm³/mol. The van der Waals surface area contributed by atoms with Gasteiger partial charge in [-0.1, -0.05) is 37.3 Å². The average molecular weight is 247 g/mol. The maximum atomic E-state index is 12.0. The van der Waals surface area contributed by atoms with E-state index in [0.717, 1.165) is 18.5 Å². The number of hydrogen-bond acceptors (Lipinski definition) is 2. The van der Waals surface area contributed by atoms with Crippen LogP contribution >= 0.6 is 0 Å². The summed E-state index contributed by atoms with van der Waals surface area (Å²) in [6.07, 6.45) is 2.09. The van der Waals surface area contributed by atoms with Gasteiger partial charge >= 0.3 is 6.09 Å². The minimum atomic E-state index is -0.182. The third-order valence-corrected chi connectivity index (χ3v) is 3.56. The highest BCUT2D eigenvalue weighted by Crippen LogP contribution is 2.22. The number of rotatable bonds is 2. The summed E-state index contributed by atoms with van der Waals surface area (Å²) in [6.45, 7) is 5.45. The fourth-order valence-electron chi connectivity index (χ4n) is 2.35. The molecule has 3 nitrogen and oxygen atoms in total. The number of amides is 1. The highest BCUT2D eigenvalue weighted by atomic mass is 16.6. The predicted octanol–water partition coefficient (Wildman–Crippen LogP) is 3.44. The maximum absolute atomic E-state index is 12.0. The number of benzene rings is 1. The van der Waals surface area contributed by atoms with E-state index in [4.69, 9.17) is 4.74 Å². The smallest absolute Gasteiger partial charge is 0.410 e. The number of ether oxygens (including phenoxy) is 1. The lowest BCUT2D eigenvalue weighted by molar-refractivity contribution is 0.0613. The Hall–Kier alpha value is -1.51. The van der Waals surface area contributed by atoms with Gasteiger partial charge in [-0.3, -0.25) is 0 Å². The van der Waals surface area contributed by atoms with E-state index in [9.17, 15) is 4.79 Å². The Balaban J connectivity index is 1.87. The van der Waals surface area contributed by atoms with Gasteiger partial charge in [0.1, 0.15) is 6.61 Å². The van der Waals surface area contributed by atoms with Crippen molar-refractivity contribution in [2.75, 3.05) is 6.54 Å². The molecule has 2 atom stereocenters. The molecule has 1 amide bonds. The van der Waals surface area contributed by atoms with Crippen molar-refractivity contribution in [3.63, 3.8) is 0 Å². The van der Waals surface area contributed by atoms with E-state index >= 15 is 0 Å². The summed E-state index contributed by atoms with van der Waals surface area (Å²) in [7, 11) is 0. The van der Waals surface area contributed by atoms with Crippen molar-refractivity contribution in [2.45, 2.75) is 39.3 Å². The van der Waals surface area contributed by atoms with E-state index in [1.165, 1.54) is 6.42 Å². The third-order valence-electron chi connectivity index (χ3n) is 3.56. The van der Waals surface area contributed by atoms with Gasteiger partial charge in [0.05, 0.1) is 0 Å². The van der Waals surface area contributed by atoms with Gasteiger partial charge < -0.3 is 9.64 Å². The fraction of sp³-hybridized carbons (Fsp3) is 0.533. The van der Waals surface area contributed by atoms with Crippen molar-refractivity contribution in [3.05, 3.63) is 35.9 Å². The van der Waals surface area contributed by atoms with Crippen LogP contribution in [0.25, 0.3) is 0 Å². The van der Waals surface area contributed by atoms with Crippen molar-refractivity contribution in [3.8, 4) is 0 Å². The quantitative estimate of drug-likeness (QED) is 0.801. The second kappa shape index (κ2) is 5.89. The van der Waals surface area contributed by atoms with Gasteiger partial charge in [-0.25, -0.2) is 4.79 Å². The zero-order valence-corrected chi connectivity index (χ0v) is 11.1. The van der Waals surface area contributed by atoms with E-state index in [2.05, 4.69) is 13.8 Å². The number of carbonyl (C=O) groups excluding carboxylic acids is 1. The van der Waals surface area contributed by atoms with Crippen LogP contribution in [0.4, 0.5) is 4.79 Å². The first kappa shape index (κ1) is 12.9. The third kappa shape index (κ3) is 3.25. The largest absolute Gasteiger partial charge is 0.445 e. The molecule has 1 aromatic rings. The van der Waals surface area contributed by atoms with Crippen molar-refractivity contribution >= 4 is 6.09 Å². The van der Waals surface area contributed by atoms with Crippen LogP contribution in [0.1, 0.15) is 32.3 Å². The number of nitrogens with zero attached hydrogens (tertiary/aromatic N) is 1. The molecular formula is C15H21NO2. The van der Waals surface area contributed by atoms with E-state index in [1.54, 1.807) is 0 Å². The van der Waals surface area contributed by atoms with E-state index in [-0.39, 0.29) is 6.09 Å². The SMILES string of the molecule is CC1CCC(C)N(C(=O)OCc2ccccc2)C1. The van der Waals surface area contributed by atoms with Crippen molar-refractivity contribution in [1.29, 1.82) is 0 Å². The van der Waals surface area contributed by atoms with Crippen molar-refractivity contribution < 1.29 is 9.53 Å². The molecule has 2 rings (SSSR count). The molecule has 0 aromatic heterocycles. The normalized spacial score (nSPS) is 23.8. The molecule has 0 bridgehead atoms. The molecule has 98 valence electrons. The van der Waals surface area contributed by atoms with Gasteiger partial charge in [-0.05, 0) is 31.2 Å². The van der Waals surface area contributed by atoms with Gasteiger partial charge in [-0.2, -0.15) is 0 Å². The van der Waals surface area contributed by atoms with Gasteiger partial charge in [0.25, 0.3) is 0 Å². The maximum Gasteiger partial charge on any atom is 0.410 e. The van der Waals surface area contributed by atoms with Crippen LogP contribution in [-0.4, -0.2) is 23.6 Å². The molecule has 1 aromatic carbocycles. The Morgan fingerprint density at radius 2 is 2.00 bits per heavy atom. The van der Waals surface area contributed by atoms with Crippen molar-refractivity contribution in [2.24, 2.45) is 5.92 Å². The molecule has 0 radical (unpaired) electrons. The molecular weight excluding hydrogens is 226 g/mol. The first-order valence-corrected chi connectivity index (χ1v) is 6.64. The first-order chi connectivity index (χ1) is 8.66. The summed E-state index contributed by atoms with van der Waals surface area (Å²) in [4.78, 5) is 13.9. The molecule has 18 heavy (non-hydrogen) atoms. The summed E-state index contributed by atoms with van der Waals surface area (Å²) in [5, 5.41) is 0. The lowest BCUT2D eigenvalue weighted by Gasteiger charge is -2.35. The molecule has 0 aliphatic carbocycles. The standard InChI is InChI=1S/C15H21NO2/c1-12-8-9-13(2)16(10-12)15(17)18-11-14-6-4-3-5-7-14/h3-7,12-13H,8-11H2,1-2H3. The summed E-state index contributed by atoms with van der Waals surface area (Å²) in [5.41, 5.74) is 1.03. The average Bonchev–Trinajstić information content (AvgIpc) is 2.40. The Bertz CT molecular complexity index is 391. The van der Waals surface area contributed by atoms with Gasteiger partial charge in [0, 0.05) is 12.6 Å². The molecule has 1 aliphatic rings. The molecule has 0 saturated carbocycles. The molecule has 1 aliphatic heterocycles. The first-order valence-electron chi connectivity index (χ1n) is 6.64. The van der Waals surface area contributed by atoms with Gasteiger partial charge in [0.2, 0.25) is 0 Å². The Kier molecular flexibility index (Phi) is 4.24. The van der Waals surface area contributed by atoms with Crippen LogP contribution in [0, 0.1) is 5.92 Å². The topological polar surface area (TPSA) is 29.5 Å². The fourth-order valence-corrected chi connectivity index (χ4v) is 2.35. The molecule has 0 spiro atoms. The summed E-state index contributed by atoms with van der Waals surface area (Å²) >= 11 is 0. The van der Waals surface area contributed by atoms with Crippen LogP contribution in [0.3, 0.4) is 0 Å². The lowest BCUT2D eigenvalue weighted by atomic mass is 9.96. The Labute approximate surface area is 109 Å². The monoisotopic (exact) mass is 247 g/mol. The molecule has 1 heterocycles. The zero-order chi connectivity index (χ0) is 13.0. The molecule has 0 N–H and O–H groups in total. The number of carbonyl (C=O) groups is 1. The van der Waals surface area contributed by atoms with E-state index in [1.807, 2.05) is 35.2 Å². The van der Waals surface area contributed by atoms with Gasteiger partial charge in [0.15, 0.2) is 0 Å². The summed E-state index contributed by atoms with van der Waals surface area (Å²) in [5.74, 6) is 0.575. The lowest BCUT2D eigenvalue weighted by Crippen LogP contribution is -2.45. The van der Waals surface area contributed by atoms with Crippen molar-refractivity contribution in [1.82, 2.24) is 4.90 Å². The Morgan fingerprint density at radius 3 is 2.72 bits per heavy atom. The summed E-state index contributed by atoms with van der Waals surface area (Å²) in [6, 6.07) is 10.1. The van der Waals surface area contributed by atoms with Gasteiger partial charge in [-0.15, -0.1) is 0 Å². The highest BCUT2D eigenvalue weighted by molar-refractivity contribution is 5.68. The molecule has 1 fully saturated rings. The minimum absolute atomic E-state index is 0.182. The zero-order valence-electron chi connectivity index (χ0n) is 11.1. The number of piperidine rings is 1. The van der Waals surface area contributed by atoms with E-state index < -0.39 is 0 Å². The Morgan fingerprint density at radius 1 is 1.28 bits per heavy atom. The second-order valence-corrected chi connectivity index (χ2v) is 5.22. The molecule has 1 saturated heterocycles.